The van der Waals surface area contributed by atoms with Crippen LogP contribution in [0.3, 0.4) is 0 Å². The number of imidazole rings is 1. The number of hydrogen-bond donors (Lipinski definition) is 2. The fourth-order valence-corrected chi connectivity index (χ4v) is 3.96. The Balaban J connectivity index is 1.41. The van der Waals surface area contributed by atoms with Crippen molar-refractivity contribution in [3.05, 3.63) is 101 Å². The van der Waals surface area contributed by atoms with Crippen LogP contribution in [0.15, 0.2) is 89.8 Å². The third kappa shape index (κ3) is 5.15. The molecule has 0 aliphatic rings. The zero-order chi connectivity index (χ0) is 20.6. The second-order valence-electron chi connectivity index (χ2n) is 6.95. The van der Waals surface area contributed by atoms with E-state index in [1.807, 2.05) is 12.5 Å². The average molecular weight is 416 g/mol. The van der Waals surface area contributed by atoms with Crippen LogP contribution < -0.4 is 10.6 Å². The molecule has 0 aliphatic heterocycles. The first-order valence-corrected chi connectivity index (χ1v) is 10.8. The second-order valence-corrected chi connectivity index (χ2v) is 7.98. The minimum absolute atomic E-state index is 0.705. The molecule has 4 aromatic rings. The van der Waals surface area contributed by atoms with E-state index in [-0.39, 0.29) is 0 Å². The first kappa shape index (κ1) is 19.9. The average Bonchev–Trinajstić information content (AvgIpc) is 3.49. The lowest BCUT2D eigenvalue weighted by molar-refractivity contribution is 0.797. The number of thiophene rings is 1. The zero-order valence-corrected chi connectivity index (χ0v) is 17.8. The van der Waals surface area contributed by atoms with Gasteiger partial charge in [-0.25, -0.2) is 4.98 Å². The SMILES string of the molecule is CN=C(NCc1cccs1)NCc1ccccc1-c1ccc(Cn2ccnc2)cc1. The minimum Gasteiger partial charge on any atom is -0.352 e. The van der Waals surface area contributed by atoms with Gasteiger partial charge in [0.15, 0.2) is 5.96 Å². The van der Waals surface area contributed by atoms with Gasteiger partial charge in [-0.3, -0.25) is 4.99 Å². The molecule has 0 amide bonds. The maximum atomic E-state index is 4.34. The Bertz CT molecular complexity index is 1070. The Hall–Kier alpha value is -3.38. The molecular formula is C24H25N5S. The molecule has 0 fully saturated rings. The van der Waals surface area contributed by atoms with Gasteiger partial charge in [0.2, 0.25) is 0 Å². The number of hydrogen-bond acceptors (Lipinski definition) is 3. The standard InChI is InChI=1S/C24H25N5S/c1-25-24(28-16-22-6-4-14-30-22)27-15-21-5-2-3-7-23(21)20-10-8-19(9-11-20)17-29-13-12-26-18-29/h2-14,18H,15-17H2,1H3,(H2,25,27,28). The van der Waals surface area contributed by atoms with Gasteiger partial charge in [-0.15, -0.1) is 11.3 Å². The van der Waals surface area contributed by atoms with E-state index in [0.717, 1.165) is 19.0 Å². The summed E-state index contributed by atoms with van der Waals surface area (Å²) in [5.41, 5.74) is 4.93. The van der Waals surface area contributed by atoms with E-state index in [4.69, 9.17) is 0 Å². The third-order valence-corrected chi connectivity index (χ3v) is 5.76. The van der Waals surface area contributed by atoms with Gasteiger partial charge in [-0.2, -0.15) is 0 Å². The van der Waals surface area contributed by atoms with Gasteiger partial charge in [0.05, 0.1) is 12.9 Å². The normalized spacial score (nSPS) is 11.4. The van der Waals surface area contributed by atoms with Gasteiger partial charge in [0, 0.05) is 37.4 Å². The fourth-order valence-electron chi connectivity index (χ4n) is 3.32. The molecule has 4 rings (SSSR count). The van der Waals surface area contributed by atoms with Crippen LogP contribution in [0, 0.1) is 0 Å². The number of aromatic nitrogens is 2. The number of nitrogens with one attached hydrogen (secondary N) is 2. The van der Waals surface area contributed by atoms with Crippen LogP contribution in [-0.4, -0.2) is 22.6 Å². The van der Waals surface area contributed by atoms with E-state index in [9.17, 15) is 0 Å². The molecule has 2 aromatic heterocycles. The summed E-state index contributed by atoms with van der Waals surface area (Å²) in [6.07, 6.45) is 5.63. The van der Waals surface area contributed by atoms with Gasteiger partial charge in [-0.1, -0.05) is 54.6 Å². The van der Waals surface area contributed by atoms with E-state index < -0.39 is 0 Å². The molecule has 2 aromatic carbocycles. The van der Waals surface area contributed by atoms with Crippen LogP contribution >= 0.6 is 11.3 Å². The van der Waals surface area contributed by atoms with Crippen molar-refractivity contribution in [1.82, 2.24) is 20.2 Å². The maximum Gasteiger partial charge on any atom is 0.191 e. The van der Waals surface area contributed by atoms with E-state index in [1.165, 1.54) is 27.1 Å². The Morgan fingerprint density at radius 1 is 1.00 bits per heavy atom. The van der Waals surface area contributed by atoms with Gasteiger partial charge in [0.1, 0.15) is 0 Å². The van der Waals surface area contributed by atoms with E-state index in [1.54, 1.807) is 24.6 Å². The monoisotopic (exact) mass is 415 g/mol. The molecule has 0 spiro atoms. The molecule has 2 N–H and O–H groups in total. The van der Waals surface area contributed by atoms with E-state index in [0.29, 0.717) is 6.54 Å². The van der Waals surface area contributed by atoms with Crippen molar-refractivity contribution in [3.63, 3.8) is 0 Å². The molecule has 0 aliphatic carbocycles. The molecule has 2 heterocycles. The largest absolute Gasteiger partial charge is 0.352 e. The lowest BCUT2D eigenvalue weighted by atomic mass is 9.98. The highest BCUT2D eigenvalue weighted by atomic mass is 32.1. The van der Waals surface area contributed by atoms with Crippen molar-refractivity contribution >= 4 is 17.3 Å². The summed E-state index contributed by atoms with van der Waals surface area (Å²) >= 11 is 1.74. The predicted octanol–water partition coefficient (Wildman–Crippen LogP) is 4.53. The van der Waals surface area contributed by atoms with Gasteiger partial charge in [-0.05, 0) is 33.7 Å². The minimum atomic E-state index is 0.705. The number of rotatable bonds is 7. The van der Waals surface area contributed by atoms with Crippen LogP contribution in [-0.2, 0) is 19.6 Å². The highest BCUT2D eigenvalue weighted by molar-refractivity contribution is 7.09. The fraction of sp³-hybridized carbons (Fsp3) is 0.167. The Kier molecular flexibility index (Phi) is 6.57. The van der Waals surface area contributed by atoms with Crippen molar-refractivity contribution in [3.8, 4) is 11.1 Å². The van der Waals surface area contributed by atoms with E-state index >= 15 is 0 Å². The first-order chi connectivity index (χ1) is 14.8. The van der Waals surface area contributed by atoms with E-state index in [2.05, 4.69) is 91.2 Å². The summed E-state index contributed by atoms with van der Waals surface area (Å²) in [6, 6.07) is 21.4. The topological polar surface area (TPSA) is 54.2 Å². The van der Waals surface area contributed by atoms with Crippen molar-refractivity contribution < 1.29 is 0 Å². The Morgan fingerprint density at radius 3 is 2.57 bits per heavy atom. The number of guanidine groups is 1. The molecule has 0 bridgehead atoms. The van der Waals surface area contributed by atoms with Crippen molar-refractivity contribution in [2.24, 2.45) is 4.99 Å². The molecule has 5 nitrogen and oxygen atoms in total. The maximum absolute atomic E-state index is 4.34. The lowest BCUT2D eigenvalue weighted by Crippen LogP contribution is -2.36. The van der Waals surface area contributed by atoms with Crippen LogP contribution in [0.4, 0.5) is 0 Å². The van der Waals surface area contributed by atoms with Crippen LogP contribution in [0.25, 0.3) is 11.1 Å². The molecule has 0 unspecified atom stereocenters. The lowest BCUT2D eigenvalue weighted by Gasteiger charge is -2.14. The quantitative estimate of drug-likeness (QED) is 0.345. The van der Waals surface area contributed by atoms with Crippen LogP contribution in [0.1, 0.15) is 16.0 Å². The molecule has 30 heavy (non-hydrogen) atoms. The number of benzene rings is 2. The zero-order valence-electron chi connectivity index (χ0n) is 17.0. The Labute approximate surface area is 181 Å². The summed E-state index contributed by atoms with van der Waals surface area (Å²) in [5.74, 6) is 0.800. The van der Waals surface area contributed by atoms with Crippen molar-refractivity contribution in [1.29, 1.82) is 0 Å². The molecular weight excluding hydrogens is 390 g/mol. The number of nitrogens with zero attached hydrogens (tertiary/aromatic N) is 3. The van der Waals surface area contributed by atoms with Crippen LogP contribution in [0.5, 0.6) is 0 Å². The summed E-state index contributed by atoms with van der Waals surface area (Å²) in [6.45, 7) is 2.31. The molecule has 0 atom stereocenters. The van der Waals surface area contributed by atoms with Crippen LogP contribution in [0.2, 0.25) is 0 Å². The third-order valence-electron chi connectivity index (χ3n) is 4.89. The molecule has 0 radical (unpaired) electrons. The Morgan fingerprint density at radius 2 is 1.83 bits per heavy atom. The second kappa shape index (κ2) is 9.89. The first-order valence-electron chi connectivity index (χ1n) is 9.91. The van der Waals surface area contributed by atoms with Crippen molar-refractivity contribution in [2.75, 3.05) is 7.05 Å². The molecule has 0 saturated heterocycles. The molecule has 152 valence electrons. The van der Waals surface area contributed by atoms with Crippen molar-refractivity contribution in [2.45, 2.75) is 19.6 Å². The van der Waals surface area contributed by atoms with Gasteiger partial charge >= 0.3 is 0 Å². The summed E-state index contributed by atoms with van der Waals surface area (Å²) in [7, 11) is 1.80. The highest BCUT2D eigenvalue weighted by Crippen LogP contribution is 2.24. The smallest absolute Gasteiger partial charge is 0.191 e. The predicted molar refractivity (Wildman–Crippen MR) is 125 cm³/mol. The van der Waals surface area contributed by atoms with Gasteiger partial charge in [0.25, 0.3) is 0 Å². The highest BCUT2D eigenvalue weighted by Gasteiger charge is 2.07. The summed E-state index contributed by atoms with van der Waals surface area (Å²) < 4.78 is 2.07. The molecule has 0 saturated carbocycles. The summed E-state index contributed by atoms with van der Waals surface area (Å²) in [5, 5.41) is 8.89. The van der Waals surface area contributed by atoms with Gasteiger partial charge < -0.3 is 15.2 Å². The summed E-state index contributed by atoms with van der Waals surface area (Å²) in [4.78, 5) is 9.74. The number of aliphatic imine (C=N–C) groups is 1. The molecule has 6 heteroatoms.